The van der Waals surface area contributed by atoms with Crippen molar-refractivity contribution in [1.29, 1.82) is 0 Å². The molecule has 2 aromatic carbocycles. The van der Waals surface area contributed by atoms with Gasteiger partial charge >= 0.3 is 5.97 Å². The zero-order valence-electron chi connectivity index (χ0n) is 15.4. The van der Waals surface area contributed by atoms with E-state index in [1.807, 2.05) is 36.4 Å². The van der Waals surface area contributed by atoms with Gasteiger partial charge in [-0.2, -0.15) is 4.98 Å². The molecule has 0 amide bonds. The number of esters is 1. The fraction of sp³-hybridized carbons (Fsp3) is 0.190. The van der Waals surface area contributed by atoms with Crippen molar-refractivity contribution in [2.24, 2.45) is 0 Å². The highest BCUT2D eigenvalue weighted by molar-refractivity contribution is 7.99. The quantitative estimate of drug-likeness (QED) is 0.490. The first-order valence-corrected chi connectivity index (χ1v) is 9.92. The van der Waals surface area contributed by atoms with Gasteiger partial charge in [-0.05, 0) is 17.7 Å². The lowest BCUT2D eigenvalue weighted by atomic mass is 10.2. The molecule has 0 aliphatic carbocycles. The molecule has 0 saturated carbocycles. The van der Waals surface area contributed by atoms with Crippen LogP contribution in [0.1, 0.15) is 15.9 Å². The third-order valence-electron chi connectivity index (χ3n) is 4.47. The second kappa shape index (κ2) is 7.90. The normalized spacial score (nSPS) is 12.5. The van der Waals surface area contributed by atoms with Crippen LogP contribution in [0.3, 0.4) is 0 Å². The zero-order chi connectivity index (χ0) is 19.5. The van der Waals surface area contributed by atoms with E-state index in [9.17, 15) is 9.59 Å². The molecule has 4 rings (SSSR count). The van der Waals surface area contributed by atoms with Crippen LogP contribution in [0.25, 0.3) is 0 Å². The maximum Gasteiger partial charge on any atom is 0.344 e. The number of rotatable bonds is 5. The van der Waals surface area contributed by atoms with Crippen LogP contribution >= 0.6 is 11.8 Å². The van der Waals surface area contributed by atoms with Gasteiger partial charge in [0.05, 0.1) is 5.56 Å². The van der Waals surface area contributed by atoms with Crippen molar-refractivity contribution >= 4 is 23.4 Å². The number of aromatic nitrogens is 2. The summed E-state index contributed by atoms with van der Waals surface area (Å²) in [5.74, 6) is 0.299. The minimum Gasteiger partial charge on any atom is -0.401 e. The molecule has 1 aromatic heterocycles. The minimum absolute atomic E-state index is 0.0536. The molecule has 7 heteroatoms. The number of hydrogen-bond donors (Lipinski definition) is 0. The fourth-order valence-electron chi connectivity index (χ4n) is 3.10. The lowest BCUT2D eigenvalue weighted by Gasteiger charge is -2.21. The molecule has 0 saturated heterocycles. The van der Waals surface area contributed by atoms with Gasteiger partial charge in [0.2, 0.25) is 0 Å². The number of carbonyl (C=O) groups is 1. The maximum absolute atomic E-state index is 13.1. The topological polar surface area (TPSA) is 64.4 Å². The monoisotopic (exact) mass is 393 g/mol. The lowest BCUT2D eigenvalue weighted by Crippen LogP contribution is -2.31. The van der Waals surface area contributed by atoms with Crippen molar-refractivity contribution < 1.29 is 9.53 Å². The van der Waals surface area contributed by atoms with Gasteiger partial charge in [-0.25, -0.2) is 4.79 Å². The third kappa shape index (κ3) is 3.66. The molecule has 0 N–H and O–H groups in total. The highest BCUT2D eigenvalue weighted by Gasteiger charge is 2.26. The Kier molecular flexibility index (Phi) is 5.16. The summed E-state index contributed by atoms with van der Waals surface area (Å²) in [7, 11) is 1.81. The predicted molar refractivity (Wildman–Crippen MR) is 109 cm³/mol. The molecule has 6 nitrogen and oxygen atoms in total. The summed E-state index contributed by atoms with van der Waals surface area (Å²) in [5.41, 5.74) is 1.56. The van der Waals surface area contributed by atoms with E-state index in [0.29, 0.717) is 29.5 Å². The number of hydrogen-bond acceptors (Lipinski definition) is 6. The first-order chi connectivity index (χ1) is 13.6. The van der Waals surface area contributed by atoms with E-state index in [2.05, 4.69) is 4.98 Å². The van der Waals surface area contributed by atoms with Crippen LogP contribution < -0.4 is 15.2 Å². The van der Waals surface area contributed by atoms with E-state index in [1.165, 1.54) is 11.8 Å². The largest absolute Gasteiger partial charge is 0.401 e. The van der Waals surface area contributed by atoms with Crippen LogP contribution in [0.2, 0.25) is 0 Å². The molecule has 0 bridgehead atoms. The Labute approximate surface area is 166 Å². The Morgan fingerprint density at radius 3 is 2.54 bits per heavy atom. The van der Waals surface area contributed by atoms with Gasteiger partial charge in [0.15, 0.2) is 10.8 Å². The number of carbonyl (C=O) groups excluding carboxylic acids is 1. The van der Waals surface area contributed by atoms with E-state index in [-0.39, 0.29) is 11.4 Å². The smallest absolute Gasteiger partial charge is 0.344 e. The van der Waals surface area contributed by atoms with Crippen molar-refractivity contribution in [3.63, 3.8) is 0 Å². The van der Waals surface area contributed by atoms with Crippen molar-refractivity contribution in [3.8, 4) is 5.88 Å². The Bertz CT molecular complexity index is 1050. The van der Waals surface area contributed by atoms with E-state index in [1.54, 1.807) is 40.8 Å². The van der Waals surface area contributed by atoms with Gasteiger partial charge in [0, 0.05) is 25.9 Å². The van der Waals surface area contributed by atoms with Crippen LogP contribution in [0, 0.1) is 0 Å². The number of nitrogens with zero attached hydrogens (tertiary/aromatic N) is 3. The summed E-state index contributed by atoms with van der Waals surface area (Å²) in [4.78, 5) is 31.9. The van der Waals surface area contributed by atoms with Crippen LogP contribution in [-0.2, 0) is 13.1 Å². The van der Waals surface area contributed by atoms with Crippen molar-refractivity contribution in [2.45, 2.75) is 18.2 Å². The molecular weight excluding hydrogens is 374 g/mol. The molecule has 3 aromatic rings. The summed E-state index contributed by atoms with van der Waals surface area (Å²) in [6.07, 6.45) is 0. The summed E-state index contributed by atoms with van der Waals surface area (Å²) in [6, 6.07) is 18.5. The summed E-state index contributed by atoms with van der Waals surface area (Å²) in [6.45, 7) is 1.10. The van der Waals surface area contributed by atoms with Gasteiger partial charge in [0.25, 0.3) is 11.4 Å². The molecule has 142 valence electrons. The average Bonchev–Trinajstić information content (AvgIpc) is 3.18. The summed E-state index contributed by atoms with van der Waals surface area (Å²) >= 11 is 1.49. The van der Waals surface area contributed by atoms with Gasteiger partial charge in [-0.15, -0.1) is 0 Å². The van der Waals surface area contributed by atoms with Crippen molar-refractivity contribution in [1.82, 2.24) is 9.55 Å². The Balaban J connectivity index is 1.71. The molecule has 0 fully saturated rings. The van der Waals surface area contributed by atoms with Crippen LogP contribution in [0.4, 0.5) is 5.69 Å². The van der Waals surface area contributed by atoms with Gasteiger partial charge in [0.1, 0.15) is 0 Å². The average molecular weight is 393 g/mol. The number of ether oxygens (including phenoxy) is 1. The second-order valence-electron chi connectivity index (χ2n) is 6.45. The zero-order valence-corrected chi connectivity index (χ0v) is 16.2. The standard InChI is InChI=1S/C21H19N3O3S/c1-23(14-15-8-4-2-5-9-15)17-18(22-21-24(19(17)25)12-13-28-21)27-20(26)16-10-6-3-7-11-16/h2-11H,12-14H2,1H3. The van der Waals surface area contributed by atoms with Gasteiger partial charge < -0.3 is 9.64 Å². The summed E-state index contributed by atoms with van der Waals surface area (Å²) < 4.78 is 7.22. The molecule has 0 atom stereocenters. The molecule has 1 aliphatic heterocycles. The lowest BCUT2D eigenvalue weighted by molar-refractivity contribution is 0.0726. The second-order valence-corrected chi connectivity index (χ2v) is 7.51. The Hall–Kier alpha value is -3.06. The number of anilines is 1. The van der Waals surface area contributed by atoms with E-state index < -0.39 is 5.97 Å². The molecule has 0 spiro atoms. The molecular formula is C21H19N3O3S. The highest BCUT2D eigenvalue weighted by atomic mass is 32.2. The number of benzene rings is 2. The van der Waals surface area contributed by atoms with E-state index in [4.69, 9.17) is 4.74 Å². The van der Waals surface area contributed by atoms with Crippen molar-refractivity contribution in [3.05, 3.63) is 82.1 Å². The molecule has 0 unspecified atom stereocenters. The van der Waals surface area contributed by atoms with Crippen LogP contribution in [-0.4, -0.2) is 28.3 Å². The Morgan fingerprint density at radius 1 is 1.14 bits per heavy atom. The molecule has 1 aliphatic rings. The highest BCUT2D eigenvalue weighted by Crippen LogP contribution is 2.30. The summed E-state index contributed by atoms with van der Waals surface area (Å²) in [5, 5.41) is 0.581. The fourth-order valence-corrected chi connectivity index (χ4v) is 4.03. The Morgan fingerprint density at radius 2 is 1.82 bits per heavy atom. The number of fused-ring (bicyclic) bond motifs is 1. The third-order valence-corrected chi connectivity index (χ3v) is 5.42. The van der Waals surface area contributed by atoms with Crippen LogP contribution in [0.5, 0.6) is 5.88 Å². The SMILES string of the molecule is CN(Cc1ccccc1)c1c(OC(=O)c2ccccc2)nc2n(c1=O)CCS2. The van der Waals surface area contributed by atoms with Crippen molar-refractivity contribution in [2.75, 3.05) is 17.7 Å². The first kappa shape index (κ1) is 18.3. The molecule has 0 radical (unpaired) electrons. The number of thioether (sulfide) groups is 1. The molecule has 28 heavy (non-hydrogen) atoms. The maximum atomic E-state index is 13.1. The predicted octanol–water partition coefficient (Wildman–Crippen LogP) is 3.20. The van der Waals surface area contributed by atoms with Gasteiger partial charge in [-0.1, -0.05) is 60.3 Å². The van der Waals surface area contributed by atoms with Crippen LogP contribution in [0.15, 0.2) is 70.6 Å². The van der Waals surface area contributed by atoms with E-state index >= 15 is 0 Å². The first-order valence-electron chi connectivity index (χ1n) is 8.93. The molecule has 2 heterocycles. The van der Waals surface area contributed by atoms with E-state index in [0.717, 1.165) is 11.3 Å². The minimum atomic E-state index is -0.533. The van der Waals surface area contributed by atoms with Gasteiger partial charge in [-0.3, -0.25) is 9.36 Å².